The van der Waals surface area contributed by atoms with Crippen molar-refractivity contribution in [3.8, 4) is 33.9 Å². The molecule has 0 unspecified atom stereocenters. The Morgan fingerprint density at radius 3 is 2.34 bits per heavy atom. The van der Waals surface area contributed by atoms with E-state index in [-0.39, 0.29) is 5.91 Å². The monoisotopic (exact) mass is 536 g/mol. The molecule has 198 valence electrons. The molecule has 8 nitrogen and oxygen atoms in total. The minimum Gasteiger partial charge on any atom is -0.457 e. The second-order valence-electron chi connectivity index (χ2n) is 9.60. The Kier molecular flexibility index (Phi) is 5.90. The molecule has 0 spiro atoms. The average Bonchev–Trinajstić information content (AvgIpc) is 3.60. The molecule has 0 fully saturated rings. The summed E-state index contributed by atoms with van der Waals surface area (Å²) in [4.78, 5) is 21.5. The fraction of sp³-hybridized carbons (Fsp3) is 0. The number of nitrogens with one attached hydrogen (secondary N) is 3. The van der Waals surface area contributed by atoms with E-state index >= 15 is 0 Å². The summed E-state index contributed by atoms with van der Waals surface area (Å²) in [6.45, 7) is 0. The fourth-order valence-corrected chi connectivity index (χ4v) is 4.98. The number of nitrogen functional groups attached to an aromatic ring is 1. The predicted octanol–water partition coefficient (Wildman–Crippen LogP) is 7.40. The largest absolute Gasteiger partial charge is 0.457 e. The number of nitrogens with zero attached hydrogens (tertiary/aromatic N) is 2. The number of carbonyl (C=O) groups is 1. The summed E-state index contributed by atoms with van der Waals surface area (Å²) in [5.74, 6) is 2.19. The zero-order valence-corrected chi connectivity index (χ0v) is 21.8. The van der Waals surface area contributed by atoms with Crippen LogP contribution in [0, 0.1) is 0 Å². The Morgan fingerprint density at radius 1 is 0.780 bits per heavy atom. The Labute approximate surface area is 234 Å². The van der Waals surface area contributed by atoms with E-state index in [2.05, 4.69) is 20.5 Å². The van der Waals surface area contributed by atoms with Gasteiger partial charge < -0.3 is 20.8 Å². The second-order valence-corrected chi connectivity index (χ2v) is 9.60. The number of para-hydroxylation sites is 2. The molecule has 7 aromatic rings. The van der Waals surface area contributed by atoms with E-state index in [1.165, 1.54) is 0 Å². The first kappa shape index (κ1) is 24.2. The van der Waals surface area contributed by atoms with Crippen LogP contribution in [-0.4, -0.2) is 26.1 Å². The van der Waals surface area contributed by atoms with E-state index in [4.69, 9.17) is 15.5 Å². The van der Waals surface area contributed by atoms with Gasteiger partial charge in [-0.2, -0.15) is 5.10 Å². The summed E-state index contributed by atoms with van der Waals surface area (Å²) in [7, 11) is 0. The van der Waals surface area contributed by atoms with Crippen LogP contribution in [0.4, 0.5) is 11.6 Å². The second kappa shape index (κ2) is 10.0. The third-order valence-corrected chi connectivity index (χ3v) is 6.93. The molecule has 5 N–H and O–H groups in total. The van der Waals surface area contributed by atoms with Crippen LogP contribution in [0.25, 0.3) is 44.3 Å². The van der Waals surface area contributed by atoms with E-state index in [0.29, 0.717) is 45.2 Å². The van der Waals surface area contributed by atoms with Crippen molar-refractivity contribution < 1.29 is 9.53 Å². The molecule has 0 bridgehead atoms. The molecular weight excluding hydrogens is 512 g/mol. The van der Waals surface area contributed by atoms with Crippen LogP contribution in [0.15, 0.2) is 115 Å². The molecule has 0 aliphatic carbocycles. The van der Waals surface area contributed by atoms with Gasteiger partial charge in [-0.1, -0.05) is 66.7 Å². The van der Waals surface area contributed by atoms with Crippen LogP contribution in [-0.2, 0) is 0 Å². The molecular formula is C33H24N6O2. The highest BCUT2D eigenvalue weighted by atomic mass is 16.5. The summed E-state index contributed by atoms with van der Waals surface area (Å²) in [6, 6.07) is 36.5. The lowest BCUT2D eigenvalue weighted by Gasteiger charge is -2.12. The number of aromatic nitrogens is 4. The van der Waals surface area contributed by atoms with Crippen LogP contribution in [0.3, 0.4) is 0 Å². The minimum absolute atomic E-state index is 0.248. The molecule has 0 atom stereocenters. The topological polar surface area (TPSA) is 122 Å². The summed E-state index contributed by atoms with van der Waals surface area (Å²) in [6.07, 6.45) is 0. The molecule has 4 aromatic carbocycles. The quantitative estimate of drug-likeness (QED) is 0.176. The van der Waals surface area contributed by atoms with E-state index in [0.717, 1.165) is 27.8 Å². The molecule has 0 aliphatic rings. The fourth-order valence-electron chi connectivity index (χ4n) is 4.98. The van der Waals surface area contributed by atoms with Crippen LogP contribution < -0.4 is 15.8 Å². The molecule has 0 aliphatic heterocycles. The van der Waals surface area contributed by atoms with E-state index < -0.39 is 0 Å². The average molecular weight is 537 g/mol. The number of benzene rings is 4. The number of hydrogen-bond acceptors (Lipinski definition) is 5. The van der Waals surface area contributed by atoms with Gasteiger partial charge in [0.2, 0.25) is 0 Å². The van der Waals surface area contributed by atoms with Crippen LogP contribution >= 0.6 is 0 Å². The molecule has 0 saturated carbocycles. The Bertz CT molecular complexity index is 1990. The Balaban J connectivity index is 1.26. The number of fused-ring (bicyclic) bond motifs is 2. The van der Waals surface area contributed by atoms with Crippen LogP contribution in [0.2, 0.25) is 0 Å². The Hall–Kier alpha value is -5.89. The molecule has 0 radical (unpaired) electrons. The van der Waals surface area contributed by atoms with Crippen molar-refractivity contribution in [3.05, 3.63) is 121 Å². The summed E-state index contributed by atoms with van der Waals surface area (Å²) in [5.41, 5.74) is 11.3. The summed E-state index contributed by atoms with van der Waals surface area (Å²) in [5, 5.41) is 11.9. The maximum atomic E-state index is 13.5. The lowest BCUT2D eigenvalue weighted by Crippen LogP contribution is -2.13. The van der Waals surface area contributed by atoms with Crippen molar-refractivity contribution in [3.63, 3.8) is 0 Å². The molecule has 0 saturated heterocycles. The summed E-state index contributed by atoms with van der Waals surface area (Å²) < 4.78 is 5.97. The maximum Gasteiger partial charge on any atom is 0.257 e. The number of carbonyl (C=O) groups excluding carboxylic acids is 1. The van der Waals surface area contributed by atoms with Gasteiger partial charge in [0, 0.05) is 22.0 Å². The highest BCUT2D eigenvalue weighted by Crippen LogP contribution is 2.36. The smallest absolute Gasteiger partial charge is 0.257 e. The van der Waals surface area contributed by atoms with E-state index in [9.17, 15) is 4.79 Å². The number of pyridine rings is 1. The van der Waals surface area contributed by atoms with Crippen molar-refractivity contribution in [2.45, 2.75) is 0 Å². The van der Waals surface area contributed by atoms with Gasteiger partial charge in [-0.15, -0.1) is 0 Å². The molecule has 41 heavy (non-hydrogen) atoms. The standard InChI is InChI=1S/C33H24N6O2/c34-31-30-26(20-14-16-23(17-15-20)41-22-9-2-1-3-10-22)19-28(36-32(30)39-38-31)24-11-5-6-12-25(24)33(40)37-29-18-21-8-4-7-13-27(21)35-29/h1-19,35H,(H,37,40)(H3,34,36,38,39). The van der Waals surface area contributed by atoms with Crippen molar-refractivity contribution in [2.24, 2.45) is 0 Å². The van der Waals surface area contributed by atoms with Crippen molar-refractivity contribution in [2.75, 3.05) is 11.1 Å². The van der Waals surface area contributed by atoms with Gasteiger partial charge in [0.05, 0.1) is 11.1 Å². The van der Waals surface area contributed by atoms with Gasteiger partial charge in [0.25, 0.3) is 5.91 Å². The van der Waals surface area contributed by atoms with Crippen molar-refractivity contribution in [1.29, 1.82) is 0 Å². The molecule has 3 heterocycles. The zero-order chi connectivity index (χ0) is 27.8. The first-order valence-corrected chi connectivity index (χ1v) is 13.1. The first-order chi connectivity index (χ1) is 20.1. The van der Waals surface area contributed by atoms with E-state index in [1.54, 1.807) is 6.07 Å². The minimum atomic E-state index is -0.248. The SMILES string of the molecule is Nc1n[nH]c2nc(-c3ccccc3C(=O)Nc3cc4ccccc4[nH]3)cc(-c3ccc(Oc4ccccc4)cc3)c12. The molecule has 3 aromatic heterocycles. The molecule has 8 heteroatoms. The van der Waals surface area contributed by atoms with Gasteiger partial charge in [-0.3, -0.25) is 9.89 Å². The molecule has 7 rings (SSSR count). The number of aromatic amines is 2. The third kappa shape index (κ3) is 4.63. The van der Waals surface area contributed by atoms with Gasteiger partial charge in [-0.05, 0) is 59.7 Å². The number of amides is 1. The highest BCUT2D eigenvalue weighted by Gasteiger charge is 2.19. The van der Waals surface area contributed by atoms with Crippen LogP contribution in [0.1, 0.15) is 10.4 Å². The predicted molar refractivity (Wildman–Crippen MR) is 162 cm³/mol. The molecule has 1 amide bonds. The number of anilines is 2. The maximum absolute atomic E-state index is 13.5. The highest BCUT2D eigenvalue weighted by molar-refractivity contribution is 6.10. The zero-order valence-electron chi connectivity index (χ0n) is 21.8. The number of nitrogens with two attached hydrogens (primary N) is 1. The van der Waals surface area contributed by atoms with Crippen molar-refractivity contribution >= 4 is 39.5 Å². The summed E-state index contributed by atoms with van der Waals surface area (Å²) >= 11 is 0. The number of hydrogen-bond donors (Lipinski definition) is 4. The van der Waals surface area contributed by atoms with E-state index in [1.807, 2.05) is 109 Å². The van der Waals surface area contributed by atoms with Crippen LogP contribution in [0.5, 0.6) is 11.5 Å². The number of H-pyrrole nitrogens is 2. The lowest BCUT2D eigenvalue weighted by atomic mass is 9.97. The first-order valence-electron chi connectivity index (χ1n) is 13.1. The third-order valence-electron chi connectivity index (χ3n) is 6.93. The van der Waals surface area contributed by atoms with Gasteiger partial charge >= 0.3 is 0 Å². The lowest BCUT2D eigenvalue weighted by molar-refractivity contribution is 0.102. The Morgan fingerprint density at radius 2 is 1.51 bits per heavy atom. The van der Waals surface area contributed by atoms with Crippen molar-refractivity contribution in [1.82, 2.24) is 20.2 Å². The normalized spacial score (nSPS) is 11.1. The number of ether oxygens (including phenoxy) is 1. The van der Waals surface area contributed by atoms with Gasteiger partial charge in [0.15, 0.2) is 11.5 Å². The number of rotatable bonds is 6. The van der Waals surface area contributed by atoms with Gasteiger partial charge in [0.1, 0.15) is 17.3 Å². The van der Waals surface area contributed by atoms with Gasteiger partial charge in [-0.25, -0.2) is 4.98 Å².